The number of nitrogens with zero attached hydrogens (tertiary/aromatic N) is 2. The number of hydrogen-bond acceptors (Lipinski definition) is 2. The van der Waals surface area contributed by atoms with E-state index in [0.29, 0.717) is 0 Å². The van der Waals surface area contributed by atoms with Gasteiger partial charge in [0, 0.05) is 12.4 Å². The Bertz CT molecular complexity index is 231. The lowest BCUT2D eigenvalue weighted by Crippen LogP contribution is -2.80. The van der Waals surface area contributed by atoms with Crippen molar-refractivity contribution < 1.29 is 5.32 Å². The van der Waals surface area contributed by atoms with Crippen molar-refractivity contribution in [2.45, 2.75) is 0 Å². The Kier molecular flexibility index (Phi) is 4.02. The largest absolute Gasteiger partial charge is 0.347 e. The highest BCUT2D eigenvalue weighted by Gasteiger charge is 1.84. The van der Waals surface area contributed by atoms with Crippen molar-refractivity contribution in [2.75, 3.05) is 20.1 Å². The van der Waals surface area contributed by atoms with E-state index in [1.54, 1.807) is 6.20 Å². The van der Waals surface area contributed by atoms with Crippen LogP contribution in [0.5, 0.6) is 0 Å². The van der Waals surface area contributed by atoms with Crippen LogP contribution >= 0.6 is 0 Å². The number of rotatable bonds is 4. The van der Waals surface area contributed by atoms with Crippen LogP contribution in [0.25, 0.3) is 0 Å². The van der Waals surface area contributed by atoms with Crippen LogP contribution in [0.1, 0.15) is 5.69 Å². The van der Waals surface area contributed by atoms with Gasteiger partial charge in [-0.25, -0.2) is 0 Å². The van der Waals surface area contributed by atoms with E-state index in [0.717, 1.165) is 18.8 Å². The van der Waals surface area contributed by atoms with E-state index in [-0.39, 0.29) is 0 Å². The molecule has 64 valence electrons. The first-order chi connectivity index (χ1) is 5.93. The Balaban J connectivity index is 2.36. The van der Waals surface area contributed by atoms with Gasteiger partial charge in [-0.15, -0.1) is 0 Å². The second-order valence-corrected chi connectivity index (χ2v) is 2.49. The van der Waals surface area contributed by atoms with Gasteiger partial charge in [-0.2, -0.15) is 0 Å². The number of aromatic nitrogens is 1. The lowest BCUT2D eigenvalue weighted by Gasteiger charge is -1.90. The summed E-state index contributed by atoms with van der Waals surface area (Å²) in [6.07, 6.45) is 3.58. The predicted octanol–water partition coefficient (Wildman–Crippen LogP) is -0.306. The summed E-state index contributed by atoms with van der Waals surface area (Å²) in [7, 11) is 2.04. The van der Waals surface area contributed by atoms with Gasteiger partial charge in [-0.05, 0) is 12.1 Å². The van der Waals surface area contributed by atoms with Gasteiger partial charge in [-0.3, -0.25) is 9.98 Å². The number of quaternary nitrogens is 1. The minimum Gasteiger partial charge on any atom is -0.347 e. The Morgan fingerprint density at radius 3 is 3.17 bits per heavy atom. The van der Waals surface area contributed by atoms with E-state index in [2.05, 4.69) is 15.3 Å². The van der Waals surface area contributed by atoms with Crippen LogP contribution in [0.4, 0.5) is 0 Å². The molecular formula is C9H14N3+. The van der Waals surface area contributed by atoms with Gasteiger partial charge in [0.25, 0.3) is 0 Å². The highest BCUT2D eigenvalue weighted by atomic mass is 14.9. The molecule has 0 unspecified atom stereocenters. The number of nitrogens with two attached hydrogens (primary N) is 1. The molecule has 0 atom stereocenters. The van der Waals surface area contributed by atoms with Gasteiger partial charge >= 0.3 is 0 Å². The van der Waals surface area contributed by atoms with E-state index in [9.17, 15) is 0 Å². The van der Waals surface area contributed by atoms with Crippen LogP contribution in [0.2, 0.25) is 0 Å². The van der Waals surface area contributed by atoms with Crippen molar-refractivity contribution in [1.29, 1.82) is 0 Å². The first kappa shape index (κ1) is 8.87. The monoisotopic (exact) mass is 164 g/mol. The maximum Gasteiger partial charge on any atom is 0.0952 e. The van der Waals surface area contributed by atoms with Crippen LogP contribution in [-0.4, -0.2) is 31.3 Å². The molecule has 12 heavy (non-hydrogen) atoms. The standard InChI is InChI=1S/C9H13N3/c1-10-6-7-11-8-9-4-2-3-5-12-9/h2-5,8,10H,6-7H2,1H3/p+1. The van der Waals surface area contributed by atoms with Gasteiger partial charge in [0.15, 0.2) is 0 Å². The summed E-state index contributed by atoms with van der Waals surface area (Å²) < 4.78 is 0. The number of hydrogen-bond donors (Lipinski definition) is 1. The molecule has 1 rings (SSSR count). The van der Waals surface area contributed by atoms with E-state index < -0.39 is 0 Å². The van der Waals surface area contributed by atoms with E-state index >= 15 is 0 Å². The highest BCUT2D eigenvalue weighted by molar-refractivity contribution is 5.76. The molecule has 3 heteroatoms. The SMILES string of the molecule is C[NH2+]CCN=Cc1ccccn1. The minimum atomic E-state index is 0.854. The summed E-state index contributed by atoms with van der Waals surface area (Å²) in [5.74, 6) is 0. The van der Waals surface area contributed by atoms with Crippen molar-refractivity contribution in [2.24, 2.45) is 4.99 Å². The molecule has 0 bridgehead atoms. The van der Waals surface area contributed by atoms with Crippen LogP contribution in [0.15, 0.2) is 29.4 Å². The average molecular weight is 164 g/mol. The lowest BCUT2D eigenvalue weighted by atomic mass is 10.4. The topological polar surface area (TPSA) is 41.9 Å². The molecule has 0 aliphatic carbocycles. The Morgan fingerprint density at radius 1 is 1.58 bits per heavy atom. The Morgan fingerprint density at radius 2 is 2.50 bits per heavy atom. The van der Waals surface area contributed by atoms with Crippen molar-refractivity contribution in [3.8, 4) is 0 Å². The molecule has 1 heterocycles. The molecule has 0 fully saturated rings. The molecule has 1 aromatic heterocycles. The molecule has 3 nitrogen and oxygen atoms in total. The normalized spacial score (nSPS) is 10.8. The van der Waals surface area contributed by atoms with E-state index in [1.807, 2.05) is 31.5 Å². The summed E-state index contributed by atoms with van der Waals surface area (Å²) >= 11 is 0. The third-order valence-electron chi connectivity index (χ3n) is 1.46. The molecule has 0 aliphatic rings. The van der Waals surface area contributed by atoms with E-state index in [4.69, 9.17) is 0 Å². The fraction of sp³-hybridized carbons (Fsp3) is 0.333. The molecule has 0 aromatic carbocycles. The Hall–Kier alpha value is -1.22. The maximum atomic E-state index is 4.21. The summed E-state index contributed by atoms with van der Waals surface area (Å²) in [5, 5.41) is 2.11. The zero-order chi connectivity index (χ0) is 8.65. The third-order valence-corrected chi connectivity index (χ3v) is 1.46. The molecule has 0 radical (unpaired) electrons. The van der Waals surface area contributed by atoms with Crippen molar-refractivity contribution in [3.63, 3.8) is 0 Å². The first-order valence-corrected chi connectivity index (χ1v) is 4.12. The van der Waals surface area contributed by atoms with Crippen LogP contribution < -0.4 is 5.32 Å². The second kappa shape index (κ2) is 5.43. The maximum absolute atomic E-state index is 4.21. The van der Waals surface area contributed by atoms with Gasteiger partial charge in [0.2, 0.25) is 0 Å². The van der Waals surface area contributed by atoms with E-state index in [1.165, 1.54) is 0 Å². The fourth-order valence-electron chi connectivity index (χ4n) is 0.814. The molecule has 1 aromatic rings. The number of likely N-dealkylation sites (N-methyl/N-ethyl adjacent to an activating group) is 1. The summed E-state index contributed by atoms with van der Waals surface area (Å²) in [6.45, 7) is 1.89. The molecule has 2 N–H and O–H groups in total. The zero-order valence-electron chi connectivity index (χ0n) is 7.27. The summed E-state index contributed by atoms with van der Waals surface area (Å²) in [6, 6.07) is 5.80. The second-order valence-electron chi connectivity index (χ2n) is 2.49. The van der Waals surface area contributed by atoms with Crippen LogP contribution in [0, 0.1) is 0 Å². The van der Waals surface area contributed by atoms with Gasteiger partial charge in [0.1, 0.15) is 0 Å². The molecule has 0 amide bonds. The van der Waals surface area contributed by atoms with Crippen LogP contribution in [-0.2, 0) is 0 Å². The molecule has 0 saturated heterocycles. The van der Waals surface area contributed by atoms with Gasteiger partial charge in [-0.1, -0.05) is 6.07 Å². The lowest BCUT2D eigenvalue weighted by molar-refractivity contribution is -0.624. The molecule has 0 spiro atoms. The summed E-state index contributed by atoms with van der Waals surface area (Å²) in [5.41, 5.74) is 0.925. The smallest absolute Gasteiger partial charge is 0.0952 e. The minimum absolute atomic E-state index is 0.854. The fourth-order valence-corrected chi connectivity index (χ4v) is 0.814. The number of pyridine rings is 1. The predicted molar refractivity (Wildman–Crippen MR) is 49.4 cm³/mol. The molecule has 0 saturated carbocycles. The zero-order valence-corrected chi connectivity index (χ0v) is 7.27. The van der Waals surface area contributed by atoms with Gasteiger partial charge < -0.3 is 5.32 Å². The van der Waals surface area contributed by atoms with Crippen LogP contribution in [0.3, 0.4) is 0 Å². The Labute approximate surface area is 72.6 Å². The first-order valence-electron chi connectivity index (χ1n) is 4.12. The van der Waals surface area contributed by atoms with Crippen molar-refractivity contribution in [1.82, 2.24) is 4.98 Å². The number of aliphatic imine (C=N–C) groups is 1. The summed E-state index contributed by atoms with van der Waals surface area (Å²) in [4.78, 5) is 8.33. The molecule has 0 aliphatic heterocycles. The average Bonchev–Trinajstić information content (AvgIpc) is 2.14. The molecular weight excluding hydrogens is 150 g/mol. The highest BCUT2D eigenvalue weighted by Crippen LogP contribution is 1.87. The van der Waals surface area contributed by atoms with Crippen molar-refractivity contribution in [3.05, 3.63) is 30.1 Å². The third kappa shape index (κ3) is 3.25. The quantitative estimate of drug-likeness (QED) is 0.481. The van der Waals surface area contributed by atoms with Gasteiger partial charge in [0.05, 0.1) is 25.8 Å². The van der Waals surface area contributed by atoms with Crippen molar-refractivity contribution >= 4 is 6.21 Å².